The van der Waals surface area contributed by atoms with Gasteiger partial charge in [0.1, 0.15) is 0 Å². The van der Waals surface area contributed by atoms with Crippen molar-refractivity contribution in [2.75, 3.05) is 6.61 Å². The van der Waals surface area contributed by atoms with E-state index in [2.05, 4.69) is 0 Å². The molecule has 1 saturated carbocycles. The molecule has 2 fully saturated rings. The second-order valence-electron chi connectivity index (χ2n) is 6.97. The summed E-state index contributed by atoms with van der Waals surface area (Å²) in [5.41, 5.74) is -2.22. The van der Waals surface area contributed by atoms with Gasteiger partial charge >= 0.3 is 5.97 Å². The zero-order chi connectivity index (χ0) is 19.9. The summed E-state index contributed by atoms with van der Waals surface area (Å²) >= 11 is 0. The first kappa shape index (κ1) is 17.9. The molecule has 0 N–H and O–H groups in total. The Morgan fingerprint density at radius 2 is 1.68 bits per heavy atom. The Kier molecular flexibility index (Phi) is 4.04. The summed E-state index contributed by atoms with van der Waals surface area (Å²) < 4.78 is 5.18. The number of benzene rings is 2. The minimum Gasteiger partial charge on any atom is -0.465 e. The standard InChI is InChI=1S/C22H18N2O4/c1-2-28-20(27)22-17(16-11-7-4-8-12-16)21(22,14-23)18(25)24(19(22)26)13-15-9-5-3-6-10-15/h3-12,17H,2,13H2,1H3. The fraction of sp³-hybridized carbons (Fsp3) is 0.273. The minimum atomic E-state index is -1.81. The second kappa shape index (κ2) is 6.31. The summed E-state index contributed by atoms with van der Waals surface area (Å²) in [6.07, 6.45) is 0. The molecular weight excluding hydrogens is 356 g/mol. The maximum Gasteiger partial charge on any atom is 0.324 e. The average Bonchev–Trinajstić information content (AvgIpc) is 3.33. The van der Waals surface area contributed by atoms with E-state index in [4.69, 9.17) is 4.74 Å². The summed E-state index contributed by atoms with van der Waals surface area (Å²) in [6, 6.07) is 19.8. The van der Waals surface area contributed by atoms with Crippen LogP contribution >= 0.6 is 0 Å². The number of esters is 1. The van der Waals surface area contributed by atoms with Gasteiger partial charge in [-0.2, -0.15) is 5.26 Å². The molecule has 3 atom stereocenters. The number of nitriles is 1. The topological polar surface area (TPSA) is 87.5 Å². The highest BCUT2D eigenvalue weighted by Crippen LogP contribution is 2.79. The van der Waals surface area contributed by atoms with Gasteiger partial charge in [-0.25, -0.2) is 0 Å². The Labute approximate surface area is 162 Å². The van der Waals surface area contributed by atoms with Crippen LogP contribution in [0.1, 0.15) is 24.0 Å². The Morgan fingerprint density at radius 3 is 2.25 bits per heavy atom. The highest BCUT2D eigenvalue weighted by molar-refractivity contribution is 6.27. The van der Waals surface area contributed by atoms with Crippen LogP contribution in [-0.2, 0) is 25.7 Å². The van der Waals surface area contributed by atoms with E-state index in [1.807, 2.05) is 12.1 Å². The van der Waals surface area contributed by atoms with Crippen LogP contribution in [0.4, 0.5) is 0 Å². The molecule has 140 valence electrons. The van der Waals surface area contributed by atoms with E-state index in [0.29, 0.717) is 5.56 Å². The van der Waals surface area contributed by atoms with E-state index < -0.39 is 34.5 Å². The van der Waals surface area contributed by atoms with Crippen LogP contribution in [-0.4, -0.2) is 29.3 Å². The molecule has 6 nitrogen and oxygen atoms in total. The van der Waals surface area contributed by atoms with Crippen molar-refractivity contribution in [3.05, 3.63) is 71.8 Å². The Morgan fingerprint density at radius 1 is 1.07 bits per heavy atom. The van der Waals surface area contributed by atoms with Crippen molar-refractivity contribution in [3.63, 3.8) is 0 Å². The predicted octanol–water partition coefficient (Wildman–Crippen LogP) is 2.41. The van der Waals surface area contributed by atoms with Crippen LogP contribution in [0.15, 0.2) is 60.7 Å². The molecule has 1 aliphatic heterocycles. The maximum atomic E-state index is 13.4. The lowest BCUT2D eigenvalue weighted by Crippen LogP contribution is -2.39. The van der Waals surface area contributed by atoms with Gasteiger partial charge in [-0.05, 0) is 18.1 Å². The number of imide groups is 1. The van der Waals surface area contributed by atoms with E-state index in [0.717, 1.165) is 10.5 Å². The SMILES string of the molecule is CCOC(=O)C12C(=O)N(Cc3ccccc3)C(=O)C1(C#N)C2c1ccccc1. The van der Waals surface area contributed by atoms with E-state index >= 15 is 0 Å². The first-order chi connectivity index (χ1) is 13.6. The van der Waals surface area contributed by atoms with Crippen LogP contribution in [0.2, 0.25) is 0 Å². The first-order valence-electron chi connectivity index (χ1n) is 9.09. The molecule has 3 unspecified atom stereocenters. The van der Waals surface area contributed by atoms with Gasteiger partial charge in [0.05, 0.1) is 19.2 Å². The number of likely N-dealkylation sites (tertiary alicyclic amines) is 1. The molecule has 2 aromatic carbocycles. The monoisotopic (exact) mass is 374 g/mol. The number of carbonyl (C=O) groups excluding carboxylic acids is 3. The second-order valence-corrected chi connectivity index (χ2v) is 6.97. The number of amides is 2. The minimum absolute atomic E-state index is 0.0185. The van der Waals surface area contributed by atoms with Gasteiger partial charge in [0.2, 0.25) is 5.91 Å². The molecule has 0 aromatic heterocycles. The van der Waals surface area contributed by atoms with Crippen molar-refractivity contribution in [1.29, 1.82) is 5.26 Å². The molecule has 1 aliphatic carbocycles. The molecular formula is C22H18N2O4. The molecule has 0 radical (unpaired) electrons. The zero-order valence-corrected chi connectivity index (χ0v) is 15.3. The van der Waals surface area contributed by atoms with Crippen LogP contribution in [0.5, 0.6) is 0 Å². The first-order valence-corrected chi connectivity index (χ1v) is 9.09. The zero-order valence-electron chi connectivity index (χ0n) is 15.3. The summed E-state index contributed by atoms with van der Waals surface area (Å²) in [7, 11) is 0. The predicted molar refractivity (Wildman–Crippen MR) is 98.3 cm³/mol. The summed E-state index contributed by atoms with van der Waals surface area (Å²) in [5, 5.41) is 10.00. The number of hydrogen-bond acceptors (Lipinski definition) is 5. The smallest absolute Gasteiger partial charge is 0.324 e. The lowest BCUT2D eigenvalue weighted by Gasteiger charge is -2.21. The van der Waals surface area contributed by atoms with E-state index in [9.17, 15) is 19.6 Å². The molecule has 1 heterocycles. The van der Waals surface area contributed by atoms with Gasteiger partial charge in [-0.1, -0.05) is 60.7 Å². The highest BCUT2D eigenvalue weighted by Gasteiger charge is 2.95. The van der Waals surface area contributed by atoms with Crippen LogP contribution in [0.25, 0.3) is 0 Å². The third-order valence-electron chi connectivity index (χ3n) is 5.66. The molecule has 0 spiro atoms. The highest BCUT2D eigenvalue weighted by atomic mass is 16.5. The van der Waals surface area contributed by atoms with E-state index in [-0.39, 0.29) is 13.2 Å². The van der Waals surface area contributed by atoms with Crippen molar-refractivity contribution < 1.29 is 19.1 Å². The van der Waals surface area contributed by atoms with Gasteiger partial charge in [0, 0.05) is 5.92 Å². The molecule has 1 saturated heterocycles. The normalized spacial score (nSPS) is 27.9. The van der Waals surface area contributed by atoms with Gasteiger partial charge in [0.15, 0.2) is 10.8 Å². The van der Waals surface area contributed by atoms with Crippen molar-refractivity contribution >= 4 is 17.8 Å². The number of ether oxygens (including phenoxy) is 1. The van der Waals surface area contributed by atoms with Gasteiger partial charge < -0.3 is 4.74 Å². The van der Waals surface area contributed by atoms with Crippen LogP contribution in [0.3, 0.4) is 0 Å². The van der Waals surface area contributed by atoms with E-state index in [1.54, 1.807) is 61.5 Å². The maximum absolute atomic E-state index is 13.4. The molecule has 2 aromatic rings. The lowest BCUT2D eigenvalue weighted by atomic mass is 9.96. The third-order valence-corrected chi connectivity index (χ3v) is 5.66. The summed E-state index contributed by atoms with van der Waals surface area (Å²) in [6.45, 7) is 1.71. The Balaban J connectivity index is 1.81. The van der Waals surface area contributed by atoms with Crippen molar-refractivity contribution in [2.24, 2.45) is 10.8 Å². The Bertz CT molecular complexity index is 998. The number of nitrogens with zero attached hydrogens (tertiary/aromatic N) is 2. The fourth-order valence-corrected chi connectivity index (χ4v) is 4.44. The lowest BCUT2D eigenvalue weighted by molar-refractivity contribution is -0.156. The molecule has 4 rings (SSSR count). The number of rotatable bonds is 5. The largest absolute Gasteiger partial charge is 0.465 e. The quantitative estimate of drug-likeness (QED) is 0.456. The number of carbonyl (C=O) groups is 3. The van der Waals surface area contributed by atoms with Crippen molar-refractivity contribution in [2.45, 2.75) is 19.4 Å². The van der Waals surface area contributed by atoms with Gasteiger partial charge in [-0.3, -0.25) is 19.3 Å². The third kappa shape index (κ3) is 2.04. The fourth-order valence-electron chi connectivity index (χ4n) is 4.44. The van der Waals surface area contributed by atoms with Crippen molar-refractivity contribution in [3.8, 4) is 6.07 Å². The number of hydrogen-bond donors (Lipinski definition) is 0. The molecule has 0 bridgehead atoms. The number of fused-ring (bicyclic) bond motifs is 1. The molecule has 2 amide bonds. The summed E-state index contributed by atoms with van der Waals surface area (Å²) in [4.78, 5) is 40.6. The van der Waals surface area contributed by atoms with Gasteiger partial charge in [0.25, 0.3) is 5.91 Å². The van der Waals surface area contributed by atoms with Crippen LogP contribution in [0, 0.1) is 22.2 Å². The molecule has 28 heavy (non-hydrogen) atoms. The van der Waals surface area contributed by atoms with Gasteiger partial charge in [-0.15, -0.1) is 0 Å². The number of piperidine rings is 1. The molecule has 2 aliphatic rings. The van der Waals surface area contributed by atoms with Crippen molar-refractivity contribution in [1.82, 2.24) is 4.90 Å². The average molecular weight is 374 g/mol. The summed E-state index contributed by atoms with van der Waals surface area (Å²) in [5.74, 6) is -2.93. The van der Waals surface area contributed by atoms with Crippen LogP contribution < -0.4 is 0 Å². The Hall–Kier alpha value is -3.46. The molecule has 6 heteroatoms. The van der Waals surface area contributed by atoms with E-state index in [1.165, 1.54) is 0 Å².